The molecule has 0 amide bonds. The number of nitrogens with one attached hydrogen (secondary N) is 1. The fraction of sp³-hybridized carbons (Fsp3) is 0.250. The van der Waals surface area contributed by atoms with Crippen LogP contribution in [0.25, 0.3) is 0 Å². The van der Waals surface area contributed by atoms with Gasteiger partial charge in [-0.3, -0.25) is 14.8 Å². The molecular weight excluding hydrogens is 232 g/mol. The largest absolute Gasteiger partial charge is 0.307 e. The van der Waals surface area contributed by atoms with Crippen LogP contribution < -0.4 is 16.1 Å². The molecule has 0 aromatic carbocycles. The monoisotopic (exact) mass is 242 g/mol. The van der Waals surface area contributed by atoms with Crippen LogP contribution in [0.2, 0.25) is 0 Å². The Bertz CT molecular complexity index is 513. The average Bonchev–Trinajstić information content (AvgIpc) is 2.80. The van der Waals surface area contributed by atoms with Gasteiger partial charge in [0.15, 0.2) is 5.13 Å². The summed E-state index contributed by atoms with van der Waals surface area (Å²) in [6.07, 6.45) is 1.73. The van der Waals surface area contributed by atoms with E-state index in [1.807, 2.05) is 12.3 Å². The quantitative estimate of drug-likeness (QED) is 0.622. The van der Waals surface area contributed by atoms with Gasteiger partial charge in [-0.1, -0.05) is 22.7 Å². The predicted octanol–water partition coefficient (Wildman–Crippen LogP) is 1.01. The molecule has 3 N–H and O–H groups in total. The van der Waals surface area contributed by atoms with Crippen LogP contribution in [0.4, 0.5) is 5.13 Å². The van der Waals surface area contributed by atoms with Gasteiger partial charge in [0.05, 0.1) is 6.54 Å². The first kappa shape index (κ1) is 10.3. The number of nitrogens with zero attached hydrogens (tertiary/aromatic N) is 2. The summed E-state index contributed by atoms with van der Waals surface area (Å²) in [5.41, 5.74) is 3.45. The van der Waals surface area contributed by atoms with Gasteiger partial charge in [-0.25, -0.2) is 10.8 Å². The lowest BCUT2D eigenvalue weighted by atomic mass is 10.5. The van der Waals surface area contributed by atoms with Crippen molar-refractivity contribution in [3.63, 3.8) is 0 Å². The van der Waals surface area contributed by atoms with Gasteiger partial charge in [-0.05, 0) is 6.92 Å². The molecule has 0 saturated carbocycles. The Hall–Kier alpha value is -1.18. The lowest BCUT2D eigenvalue weighted by Gasteiger charge is -2.00. The van der Waals surface area contributed by atoms with E-state index in [1.54, 1.807) is 10.8 Å². The number of nitrogens with two attached hydrogens (primary N) is 1. The van der Waals surface area contributed by atoms with Crippen molar-refractivity contribution < 1.29 is 0 Å². The Morgan fingerprint density at radius 1 is 1.67 bits per heavy atom. The third-order valence-corrected chi connectivity index (χ3v) is 3.76. The summed E-state index contributed by atoms with van der Waals surface area (Å²) in [5, 5.41) is 2.51. The molecule has 0 aliphatic heterocycles. The third-order valence-electron chi connectivity index (χ3n) is 1.97. The van der Waals surface area contributed by atoms with Crippen LogP contribution in [-0.2, 0) is 6.54 Å². The van der Waals surface area contributed by atoms with Crippen LogP contribution in [0.1, 0.15) is 10.6 Å². The highest BCUT2D eigenvalue weighted by Crippen LogP contribution is 2.18. The minimum atomic E-state index is 0.0585. The second-order valence-electron chi connectivity index (χ2n) is 3.01. The number of aryl methyl sites for hydroxylation is 1. The number of thiazole rings is 2. The first-order valence-corrected chi connectivity index (χ1v) is 5.96. The van der Waals surface area contributed by atoms with Crippen LogP contribution in [0, 0.1) is 6.92 Å². The van der Waals surface area contributed by atoms with Crippen LogP contribution >= 0.6 is 22.7 Å². The highest BCUT2D eigenvalue weighted by molar-refractivity contribution is 7.15. The maximum Gasteiger partial charge on any atom is 0.307 e. The van der Waals surface area contributed by atoms with E-state index in [0.29, 0.717) is 11.7 Å². The molecule has 5 nitrogen and oxygen atoms in total. The van der Waals surface area contributed by atoms with Gasteiger partial charge in [0, 0.05) is 22.1 Å². The van der Waals surface area contributed by atoms with Crippen molar-refractivity contribution in [2.24, 2.45) is 5.84 Å². The molecule has 0 bridgehead atoms. The summed E-state index contributed by atoms with van der Waals surface area (Å²) in [6, 6.07) is 0. The van der Waals surface area contributed by atoms with Gasteiger partial charge in [-0.2, -0.15) is 0 Å². The number of hydrazine groups is 1. The van der Waals surface area contributed by atoms with Crippen molar-refractivity contribution in [2.45, 2.75) is 13.5 Å². The van der Waals surface area contributed by atoms with E-state index < -0.39 is 0 Å². The molecule has 0 saturated heterocycles. The summed E-state index contributed by atoms with van der Waals surface area (Å²) >= 11 is 2.66. The molecule has 2 rings (SSSR count). The maximum absolute atomic E-state index is 11.4. The number of hydrogen-bond acceptors (Lipinski definition) is 6. The van der Waals surface area contributed by atoms with E-state index in [2.05, 4.69) is 10.4 Å². The zero-order valence-corrected chi connectivity index (χ0v) is 9.69. The molecule has 0 fully saturated rings. The minimum Gasteiger partial charge on any atom is -0.300 e. The first-order valence-electron chi connectivity index (χ1n) is 4.27. The third kappa shape index (κ3) is 2.09. The van der Waals surface area contributed by atoms with Crippen molar-refractivity contribution in [2.75, 3.05) is 5.43 Å². The van der Waals surface area contributed by atoms with Crippen LogP contribution in [-0.4, -0.2) is 9.55 Å². The predicted molar refractivity (Wildman–Crippen MR) is 62.3 cm³/mol. The summed E-state index contributed by atoms with van der Waals surface area (Å²) in [4.78, 5) is 16.6. The zero-order valence-electron chi connectivity index (χ0n) is 8.06. The van der Waals surface area contributed by atoms with Gasteiger partial charge in [0.25, 0.3) is 0 Å². The highest BCUT2D eigenvalue weighted by atomic mass is 32.1. The van der Waals surface area contributed by atoms with E-state index in [0.717, 1.165) is 10.6 Å². The number of aromatic nitrogens is 2. The molecule has 0 spiro atoms. The maximum atomic E-state index is 11.4. The van der Waals surface area contributed by atoms with Gasteiger partial charge in [0.1, 0.15) is 0 Å². The normalized spacial score (nSPS) is 10.5. The molecule has 80 valence electrons. The minimum absolute atomic E-state index is 0.0585. The molecule has 0 aliphatic rings. The van der Waals surface area contributed by atoms with Crippen molar-refractivity contribution in [1.29, 1.82) is 0 Å². The van der Waals surface area contributed by atoms with Gasteiger partial charge < -0.3 is 0 Å². The first-order chi connectivity index (χ1) is 7.20. The highest BCUT2D eigenvalue weighted by Gasteiger charge is 2.06. The van der Waals surface area contributed by atoms with E-state index in [-0.39, 0.29) is 4.87 Å². The van der Waals surface area contributed by atoms with Gasteiger partial charge in [0.2, 0.25) is 0 Å². The molecule has 0 atom stereocenters. The fourth-order valence-electron chi connectivity index (χ4n) is 1.20. The van der Waals surface area contributed by atoms with Gasteiger partial charge >= 0.3 is 4.87 Å². The van der Waals surface area contributed by atoms with Crippen LogP contribution in [0.5, 0.6) is 0 Å². The summed E-state index contributed by atoms with van der Waals surface area (Å²) < 4.78 is 1.72. The molecule has 7 heteroatoms. The Morgan fingerprint density at radius 3 is 3.00 bits per heavy atom. The topological polar surface area (TPSA) is 72.9 Å². The number of hydrogen-bond donors (Lipinski definition) is 2. The number of rotatable bonds is 3. The van der Waals surface area contributed by atoms with Crippen LogP contribution in [0.3, 0.4) is 0 Å². The summed E-state index contributed by atoms with van der Waals surface area (Å²) in [6.45, 7) is 2.48. The molecule has 2 aromatic heterocycles. The molecular formula is C8H10N4OS2. The SMILES string of the molecule is Cc1csc(=O)n1Cc1cnc(NN)s1. The van der Waals surface area contributed by atoms with E-state index in [4.69, 9.17) is 5.84 Å². The van der Waals surface area contributed by atoms with Crippen molar-refractivity contribution >= 4 is 27.8 Å². The van der Waals surface area contributed by atoms with Crippen molar-refractivity contribution in [3.8, 4) is 0 Å². The smallest absolute Gasteiger partial charge is 0.300 e. The van der Waals surface area contributed by atoms with E-state index in [9.17, 15) is 4.79 Å². The van der Waals surface area contributed by atoms with Crippen LogP contribution in [0.15, 0.2) is 16.4 Å². The standard InChI is InChI=1S/C8H10N4OS2/c1-5-4-14-8(13)12(5)3-6-2-10-7(11-9)15-6/h2,4H,3,9H2,1H3,(H,10,11). The molecule has 0 aliphatic carbocycles. The Balaban J connectivity index is 2.25. The average molecular weight is 242 g/mol. The van der Waals surface area contributed by atoms with E-state index in [1.165, 1.54) is 22.7 Å². The second-order valence-corrected chi connectivity index (χ2v) is 4.94. The fourth-order valence-corrected chi connectivity index (χ4v) is 2.65. The molecule has 15 heavy (non-hydrogen) atoms. The van der Waals surface area contributed by atoms with Gasteiger partial charge in [-0.15, -0.1) is 0 Å². The second kappa shape index (κ2) is 4.13. The lowest BCUT2D eigenvalue weighted by molar-refractivity contribution is 0.764. The molecule has 2 heterocycles. The van der Waals surface area contributed by atoms with E-state index >= 15 is 0 Å². The zero-order chi connectivity index (χ0) is 10.8. The molecule has 0 radical (unpaired) electrons. The Morgan fingerprint density at radius 2 is 2.47 bits per heavy atom. The lowest BCUT2D eigenvalue weighted by Crippen LogP contribution is -2.14. The molecule has 2 aromatic rings. The Labute approximate surface area is 94.2 Å². The summed E-state index contributed by atoms with van der Waals surface area (Å²) in [5.74, 6) is 5.23. The van der Waals surface area contributed by atoms with Crippen molar-refractivity contribution in [1.82, 2.24) is 9.55 Å². The number of anilines is 1. The molecule has 0 unspecified atom stereocenters. The van der Waals surface area contributed by atoms with Crippen molar-refractivity contribution in [3.05, 3.63) is 31.8 Å². The summed E-state index contributed by atoms with van der Waals surface area (Å²) in [7, 11) is 0. The number of nitrogen functional groups attached to an aromatic ring is 1. The Kier molecular flexibility index (Phi) is 2.85.